The molecule has 0 radical (unpaired) electrons. The van der Waals surface area contributed by atoms with Gasteiger partial charge >= 0.3 is 12.0 Å². The summed E-state index contributed by atoms with van der Waals surface area (Å²) < 4.78 is 0.677. The van der Waals surface area contributed by atoms with Crippen molar-refractivity contribution in [3.8, 4) is 0 Å². The van der Waals surface area contributed by atoms with E-state index in [1.807, 2.05) is 13.0 Å². The maximum atomic E-state index is 11.9. The zero-order valence-electron chi connectivity index (χ0n) is 11.7. The van der Waals surface area contributed by atoms with Crippen LogP contribution in [0.2, 0.25) is 4.34 Å². The Morgan fingerprint density at radius 1 is 1.45 bits per heavy atom. The zero-order chi connectivity index (χ0) is 15.3. The first-order chi connectivity index (χ1) is 9.19. The van der Waals surface area contributed by atoms with Gasteiger partial charge in [-0.1, -0.05) is 11.6 Å². The molecule has 0 bridgehead atoms. The number of thiophene rings is 1. The van der Waals surface area contributed by atoms with E-state index in [2.05, 4.69) is 10.6 Å². The van der Waals surface area contributed by atoms with Crippen molar-refractivity contribution in [3.63, 3.8) is 0 Å². The fourth-order valence-corrected chi connectivity index (χ4v) is 2.72. The molecule has 3 N–H and O–H groups in total. The van der Waals surface area contributed by atoms with Gasteiger partial charge in [0.05, 0.1) is 10.4 Å². The van der Waals surface area contributed by atoms with Crippen LogP contribution >= 0.6 is 22.9 Å². The summed E-state index contributed by atoms with van der Waals surface area (Å²) in [6, 6.07) is 3.18. The summed E-state index contributed by atoms with van der Waals surface area (Å²) in [5, 5.41) is 14.3. The van der Waals surface area contributed by atoms with Gasteiger partial charge in [-0.25, -0.2) is 4.79 Å². The second-order valence-corrected chi connectivity index (χ2v) is 6.99. The Bertz CT molecular complexity index is 488. The number of carboxylic acid groups (broad SMARTS) is 1. The van der Waals surface area contributed by atoms with Crippen LogP contribution in [0.1, 0.15) is 44.5 Å². The van der Waals surface area contributed by atoms with Gasteiger partial charge in [-0.2, -0.15) is 0 Å². The predicted molar refractivity (Wildman–Crippen MR) is 80.4 cm³/mol. The van der Waals surface area contributed by atoms with Gasteiger partial charge in [0.25, 0.3) is 0 Å². The molecule has 112 valence electrons. The molecule has 0 saturated heterocycles. The smallest absolute Gasteiger partial charge is 0.315 e. The third-order valence-electron chi connectivity index (χ3n) is 2.78. The molecule has 0 fully saturated rings. The van der Waals surface area contributed by atoms with Crippen LogP contribution in [-0.2, 0) is 4.79 Å². The number of nitrogens with one attached hydrogen (secondary N) is 2. The van der Waals surface area contributed by atoms with E-state index in [-0.39, 0.29) is 18.5 Å². The first-order valence-corrected chi connectivity index (χ1v) is 7.45. The molecule has 20 heavy (non-hydrogen) atoms. The van der Waals surface area contributed by atoms with Crippen LogP contribution in [0.5, 0.6) is 0 Å². The number of carboxylic acids is 1. The number of urea groups is 1. The molecule has 0 spiro atoms. The van der Waals surface area contributed by atoms with Gasteiger partial charge in [0.1, 0.15) is 0 Å². The number of hydrogen-bond donors (Lipinski definition) is 3. The highest BCUT2D eigenvalue weighted by Crippen LogP contribution is 2.26. The Morgan fingerprint density at radius 2 is 2.10 bits per heavy atom. The van der Waals surface area contributed by atoms with E-state index in [0.29, 0.717) is 10.8 Å². The molecule has 1 heterocycles. The first-order valence-electron chi connectivity index (χ1n) is 6.25. The molecule has 2 amide bonds. The van der Waals surface area contributed by atoms with Crippen molar-refractivity contribution >= 4 is 34.9 Å². The van der Waals surface area contributed by atoms with Crippen LogP contribution in [-0.4, -0.2) is 22.6 Å². The standard InChI is InChI=1S/C13H19ClN2O3S/c1-8(9-4-5-10(14)20-9)15-12(19)16-13(2,3)7-6-11(17)18/h4-5,8H,6-7H2,1-3H3,(H,17,18)(H2,15,16,19). The maximum Gasteiger partial charge on any atom is 0.315 e. The van der Waals surface area contributed by atoms with E-state index < -0.39 is 11.5 Å². The fourth-order valence-electron chi connectivity index (χ4n) is 1.65. The molecule has 0 aliphatic rings. The van der Waals surface area contributed by atoms with Crippen molar-refractivity contribution in [2.75, 3.05) is 0 Å². The molecular formula is C13H19ClN2O3S. The van der Waals surface area contributed by atoms with E-state index in [0.717, 1.165) is 4.88 Å². The molecule has 0 aliphatic carbocycles. The van der Waals surface area contributed by atoms with E-state index in [1.165, 1.54) is 11.3 Å². The molecule has 1 aromatic rings. The van der Waals surface area contributed by atoms with Crippen molar-refractivity contribution in [1.82, 2.24) is 10.6 Å². The van der Waals surface area contributed by atoms with Crippen LogP contribution in [0, 0.1) is 0 Å². The van der Waals surface area contributed by atoms with E-state index in [1.54, 1.807) is 19.9 Å². The predicted octanol–water partition coefficient (Wildman–Crippen LogP) is 3.41. The molecule has 5 nitrogen and oxygen atoms in total. The van der Waals surface area contributed by atoms with Gasteiger partial charge < -0.3 is 15.7 Å². The van der Waals surface area contributed by atoms with Gasteiger partial charge in [0.2, 0.25) is 0 Å². The van der Waals surface area contributed by atoms with Crippen molar-refractivity contribution < 1.29 is 14.7 Å². The Morgan fingerprint density at radius 3 is 2.60 bits per heavy atom. The molecule has 0 saturated carbocycles. The fraction of sp³-hybridized carbons (Fsp3) is 0.538. The Balaban J connectivity index is 2.48. The lowest BCUT2D eigenvalue weighted by Crippen LogP contribution is -2.49. The van der Waals surface area contributed by atoms with Crippen molar-refractivity contribution in [2.45, 2.75) is 45.2 Å². The topological polar surface area (TPSA) is 78.4 Å². The lowest BCUT2D eigenvalue weighted by molar-refractivity contribution is -0.137. The average molecular weight is 319 g/mol. The van der Waals surface area contributed by atoms with E-state index >= 15 is 0 Å². The number of hydrogen-bond acceptors (Lipinski definition) is 3. The normalized spacial score (nSPS) is 12.8. The van der Waals surface area contributed by atoms with Gasteiger partial charge in [-0.3, -0.25) is 4.79 Å². The average Bonchev–Trinajstić information content (AvgIpc) is 2.72. The van der Waals surface area contributed by atoms with E-state index in [4.69, 9.17) is 16.7 Å². The number of carbonyl (C=O) groups is 2. The van der Waals surface area contributed by atoms with Gasteiger partial charge in [-0.15, -0.1) is 11.3 Å². The quantitative estimate of drug-likeness (QED) is 0.752. The molecule has 1 atom stereocenters. The Kier molecular flexibility index (Phi) is 5.83. The monoisotopic (exact) mass is 318 g/mol. The van der Waals surface area contributed by atoms with Gasteiger partial charge in [0.15, 0.2) is 0 Å². The lowest BCUT2D eigenvalue weighted by atomic mass is 9.99. The van der Waals surface area contributed by atoms with Crippen LogP contribution < -0.4 is 10.6 Å². The number of carbonyl (C=O) groups excluding carboxylic acids is 1. The molecule has 1 aromatic heterocycles. The molecular weight excluding hydrogens is 300 g/mol. The second kappa shape index (κ2) is 6.95. The van der Waals surface area contributed by atoms with Gasteiger partial charge in [0, 0.05) is 16.8 Å². The molecule has 1 rings (SSSR count). The summed E-state index contributed by atoms with van der Waals surface area (Å²) in [5.74, 6) is -0.873. The van der Waals surface area contributed by atoms with E-state index in [9.17, 15) is 9.59 Å². The summed E-state index contributed by atoms with van der Waals surface area (Å²) in [7, 11) is 0. The molecule has 0 aromatic carbocycles. The van der Waals surface area contributed by atoms with Gasteiger partial charge in [-0.05, 0) is 39.3 Å². The summed E-state index contributed by atoms with van der Waals surface area (Å²) in [5.41, 5.74) is -0.574. The van der Waals surface area contributed by atoms with Crippen molar-refractivity contribution in [1.29, 1.82) is 0 Å². The highest BCUT2D eigenvalue weighted by molar-refractivity contribution is 7.16. The van der Waals surface area contributed by atoms with Crippen LogP contribution in [0.3, 0.4) is 0 Å². The third kappa shape index (κ3) is 5.79. The second-order valence-electron chi connectivity index (χ2n) is 5.24. The van der Waals surface area contributed by atoms with Crippen LogP contribution in [0.15, 0.2) is 12.1 Å². The van der Waals surface area contributed by atoms with Crippen molar-refractivity contribution in [2.24, 2.45) is 0 Å². The first kappa shape index (κ1) is 16.8. The summed E-state index contributed by atoms with van der Waals surface area (Å²) in [4.78, 5) is 23.4. The summed E-state index contributed by atoms with van der Waals surface area (Å²) >= 11 is 7.27. The number of halogens is 1. The maximum absolute atomic E-state index is 11.9. The SMILES string of the molecule is CC(NC(=O)NC(C)(C)CCC(=O)O)c1ccc(Cl)s1. The van der Waals surface area contributed by atoms with Crippen LogP contribution in [0.4, 0.5) is 4.79 Å². The molecule has 0 aliphatic heterocycles. The summed E-state index contributed by atoms with van der Waals surface area (Å²) in [6.07, 6.45) is 0.387. The molecule has 1 unspecified atom stereocenters. The third-order valence-corrected chi connectivity index (χ3v) is 4.20. The number of aliphatic carboxylic acids is 1. The Hall–Kier alpha value is -1.27. The zero-order valence-corrected chi connectivity index (χ0v) is 13.3. The minimum Gasteiger partial charge on any atom is -0.481 e. The highest BCUT2D eigenvalue weighted by atomic mass is 35.5. The lowest BCUT2D eigenvalue weighted by Gasteiger charge is -2.26. The number of rotatable bonds is 6. The largest absolute Gasteiger partial charge is 0.481 e. The van der Waals surface area contributed by atoms with Crippen molar-refractivity contribution in [3.05, 3.63) is 21.3 Å². The van der Waals surface area contributed by atoms with Crippen LogP contribution in [0.25, 0.3) is 0 Å². The Labute approximate surface area is 127 Å². The minimum atomic E-state index is -0.873. The summed E-state index contributed by atoms with van der Waals surface area (Å²) in [6.45, 7) is 5.45. The molecule has 7 heteroatoms. The highest BCUT2D eigenvalue weighted by Gasteiger charge is 2.22. The number of amides is 2. The minimum absolute atomic E-state index is 0.0172.